The summed E-state index contributed by atoms with van der Waals surface area (Å²) in [5.41, 5.74) is 0. The van der Waals surface area contributed by atoms with E-state index < -0.39 is 40.4 Å². The van der Waals surface area contributed by atoms with E-state index in [4.69, 9.17) is 9.47 Å². The zero-order chi connectivity index (χ0) is 18.2. The van der Waals surface area contributed by atoms with Crippen LogP contribution in [0.4, 0.5) is 4.39 Å². The highest BCUT2D eigenvalue weighted by Gasteiger charge is 2.20. The number of amides is 1. The van der Waals surface area contributed by atoms with Gasteiger partial charge in [0.2, 0.25) is 10.0 Å². The van der Waals surface area contributed by atoms with Crippen LogP contribution in [-0.4, -0.2) is 53.2 Å². The molecule has 1 rings (SSSR count). The lowest BCUT2D eigenvalue weighted by atomic mass is 10.3. The molecule has 0 aliphatic rings. The van der Waals surface area contributed by atoms with E-state index in [0.717, 1.165) is 24.3 Å². The first-order valence-corrected chi connectivity index (χ1v) is 8.46. The fourth-order valence-corrected chi connectivity index (χ4v) is 2.53. The van der Waals surface area contributed by atoms with Crippen molar-refractivity contribution in [3.63, 3.8) is 0 Å². The molecule has 134 valence electrons. The Hall–Kier alpha value is -2.04. The van der Waals surface area contributed by atoms with Gasteiger partial charge in [0.1, 0.15) is 12.4 Å². The average molecular weight is 362 g/mol. The summed E-state index contributed by atoms with van der Waals surface area (Å²) in [6, 6.07) is 4.10. The van der Waals surface area contributed by atoms with E-state index in [1.165, 1.54) is 14.0 Å². The molecule has 0 spiro atoms. The molecule has 2 N–H and O–H groups in total. The van der Waals surface area contributed by atoms with Crippen LogP contribution in [0, 0.1) is 5.82 Å². The number of benzene rings is 1. The Balaban J connectivity index is 2.47. The Kier molecular flexibility index (Phi) is 7.75. The Morgan fingerprint density at radius 1 is 1.25 bits per heavy atom. The first-order chi connectivity index (χ1) is 11.3. The highest BCUT2D eigenvalue weighted by Crippen LogP contribution is 2.09. The van der Waals surface area contributed by atoms with Crippen molar-refractivity contribution in [1.82, 2.24) is 10.0 Å². The van der Waals surface area contributed by atoms with Gasteiger partial charge in [-0.05, 0) is 31.2 Å². The molecule has 0 aromatic heterocycles. The van der Waals surface area contributed by atoms with E-state index >= 15 is 0 Å². The molecule has 0 saturated heterocycles. The zero-order valence-electron chi connectivity index (χ0n) is 13.2. The van der Waals surface area contributed by atoms with E-state index in [0.29, 0.717) is 6.61 Å². The van der Waals surface area contributed by atoms with Gasteiger partial charge >= 0.3 is 5.97 Å². The van der Waals surface area contributed by atoms with Crippen LogP contribution in [0.3, 0.4) is 0 Å². The smallest absolute Gasteiger partial charge is 0.321 e. The second-order valence-corrected chi connectivity index (χ2v) is 6.46. The standard InChI is InChI=1S/C14H19FN2O6S/c1-10(14(19)16-7-8-22-2)23-13(18)9-17-24(20,21)12-5-3-11(15)4-6-12/h3-6,10,17H,7-9H2,1-2H3,(H,16,19)/t10-/m1/s1. The Morgan fingerprint density at radius 3 is 2.46 bits per heavy atom. The van der Waals surface area contributed by atoms with Crippen LogP contribution in [0.25, 0.3) is 0 Å². The van der Waals surface area contributed by atoms with E-state index in [9.17, 15) is 22.4 Å². The Labute approximate surface area is 139 Å². The number of hydrogen-bond donors (Lipinski definition) is 2. The topological polar surface area (TPSA) is 111 Å². The lowest BCUT2D eigenvalue weighted by Crippen LogP contribution is -2.39. The minimum Gasteiger partial charge on any atom is -0.452 e. The molecule has 24 heavy (non-hydrogen) atoms. The number of methoxy groups -OCH3 is 1. The number of hydrogen-bond acceptors (Lipinski definition) is 6. The van der Waals surface area contributed by atoms with E-state index in [2.05, 4.69) is 5.32 Å². The van der Waals surface area contributed by atoms with Crippen molar-refractivity contribution in [3.05, 3.63) is 30.1 Å². The first-order valence-electron chi connectivity index (χ1n) is 6.97. The van der Waals surface area contributed by atoms with Crippen LogP contribution in [0.5, 0.6) is 0 Å². The van der Waals surface area contributed by atoms with E-state index in [1.807, 2.05) is 4.72 Å². The second-order valence-electron chi connectivity index (χ2n) is 4.69. The molecule has 0 saturated carbocycles. The molecule has 0 radical (unpaired) electrons. The molecule has 1 aromatic rings. The number of carbonyl (C=O) groups is 2. The largest absolute Gasteiger partial charge is 0.452 e. The van der Waals surface area contributed by atoms with Crippen molar-refractivity contribution >= 4 is 21.9 Å². The molecule has 0 fully saturated rings. The molecule has 0 aliphatic carbocycles. The number of sulfonamides is 1. The SMILES string of the molecule is COCCNC(=O)[C@@H](C)OC(=O)CNS(=O)(=O)c1ccc(F)cc1. The summed E-state index contributed by atoms with van der Waals surface area (Å²) in [5, 5.41) is 2.48. The van der Waals surface area contributed by atoms with Crippen LogP contribution in [0.2, 0.25) is 0 Å². The van der Waals surface area contributed by atoms with Gasteiger partial charge in [0.15, 0.2) is 6.10 Å². The van der Waals surface area contributed by atoms with Gasteiger partial charge in [-0.15, -0.1) is 0 Å². The van der Waals surface area contributed by atoms with Crippen molar-refractivity contribution in [1.29, 1.82) is 0 Å². The van der Waals surface area contributed by atoms with Gasteiger partial charge < -0.3 is 14.8 Å². The molecule has 1 amide bonds. The van der Waals surface area contributed by atoms with Gasteiger partial charge in [0, 0.05) is 13.7 Å². The van der Waals surface area contributed by atoms with Gasteiger partial charge in [-0.1, -0.05) is 0 Å². The molecule has 0 unspecified atom stereocenters. The summed E-state index contributed by atoms with van der Waals surface area (Å²) in [7, 11) is -2.51. The predicted molar refractivity (Wildman–Crippen MR) is 82.0 cm³/mol. The lowest BCUT2D eigenvalue weighted by molar-refractivity contribution is -0.153. The summed E-state index contributed by atoms with van der Waals surface area (Å²) in [6.45, 7) is 1.27. The van der Waals surface area contributed by atoms with Gasteiger partial charge in [-0.25, -0.2) is 12.8 Å². The highest BCUT2D eigenvalue weighted by molar-refractivity contribution is 7.89. The number of halogens is 1. The predicted octanol–water partition coefficient (Wildman–Crippen LogP) is -0.202. The van der Waals surface area contributed by atoms with Crippen LogP contribution in [0.15, 0.2) is 29.2 Å². The summed E-state index contributed by atoms with van der Waals surface area (Å²) in [5.74, 6) is -2.03. The quantitative estimate of drug-likeness (QED) is 0.465. The first kappa shape index (κ1) is 20.0. The molecule has 1 atom stereocenters. The van der Waals surface area contributed by atoms with Crippen LogP contribution < -0.4 is 10.0 Å². The number of nitrogens with one attached hydrogen (secondary N) is 2. The van der Waals surface area contributed by atoms with Crippen molar-refractivity contribution < 1.29 is 31.9 Å². The molecule has 10 heteroatoms. The Morgan fingerprint density at radius 2 is 1.88 bits per heavy atom. The molecule has 1 aromatic carbocycles. The number of carbonyl (C=O) groups excluding carboxylic acids is 2. The zero-order valence-corrected chi connectivity index (χ0v) is 14.1. The summed E-state index contributed by atoms with van der Waals surface area (Å²) in [6.07, 6.45) is -1.08. The summed E-state index contributed by atoms with van der Waals surface area (Å²) in [4.78, 5) is 23.0. The molecule has 0 heterocycles. The van der Waals surface area contributed by atoms with E-state index in [1.54, 1.807) is 0 Å². The highest BCUT2D eigenvalue weighted by atomic mass is 32.2. The van der Waals surface area contributed by atoms with Crippen molar-refractivity contribution in [2.24, 2.45) is 0 Å². The average Bonchev–Trinajstić information content (AvgIpc) is 2.53. The molecule has 0 aliphatic heterocycles. The fraction of sp³-hybridized carbons (Fsp3) is 0.429. The van der Waals surface area contributed by atoms with E-state index in [-0.39, 0.29) is 11.4 Å². The summed E-state index contributed by atoms with van der Waals surface area (Å²) < 4.78 is 48.2. The van der Waals surface area contributed by atoms with Gasteiger partial charge in [-0.3, -0.25) is 9.59 Å². The van der Waals surface area contributed by atoms with Crippen molar-refractivity contribution in [2.75, 3.05) is 26.8 Å². The fourth-order valence-electron chi connectivity index (χ4n) is 1.56. The van der Waals surface area contributed by atoms with Crippen LogP contribution in [0.1, 0.15) is 6.92 Å². The molecular formula is C14H19FN2O6S. The Bertz CT molecular complexity index is 662. The molecule has 0 bridgehead atoms. The molecule has 8 nitrogen and oxygen atoms in total. The third-order valence-electron chi connectivity index (χ3n) is 2.81. The van der Waals surface area contributed by atoms with Crippen LogP contribution >= 0.6 is 0 Å². The lowest BCUT2D eigenvalue weighted by Gasteiger charge is -2.13. The minimum atomic E-state index is -3.98. The molecular weight excluding hydrogens is 343 g/mol. The van der Waals surface area contributed by atoms with Crippen LogP contribution in [-0.2, 0) is 29.1 Å². The third kappa shape index (κ3) is 6.60. The monoisotopic (exact) mass is 362 g/mol. The third-order valence-corrected chi connectivity index (χ3v) is 4.23. The number of ether oxygens (including phenoxy) is 2. The maximum Gasteiger partial charge on any atom is 0.321 e. The van der Waals surface area contributed by atoms with Crippen molar-refractivity contribution in [3.8, 4) is 0 Å². The van der Waals surface area contributed by atoms with Gasteiger partial charge in [-0.2, -0.15) is 4.72 Å². The maximum absolute atomic E-state index is 12.8. The maximum atomic E-state index is 12.8. The number of esters is 1. The van der Waals surface area contributed by atoms with Gasteiger partial charge in [0.05, 0.1) is 11.5 Å². The summed E-state index contributed by atoms with van der Waals surface area (Å²) >= 11 is 0. The number of rotatable bonds is 9. The van der Waals surface area contributed by atoms with Gasteiger partial charge in [0.25, 0.3) is 5.91 Å². The normalized spacial score (nSPS) is 12.5. The van der Waals surface area contributed by atoms with Crippen molar-refractivity contribution in [2.45, 2.75) is 17.9 Å². The minimum absolute atomic E-state index is 0.193. The second kappa shape index (κ2) is 9.30.